The second-order valence-electron chi connectivity index (χ2n) is 6.68. The van der Waals surface area contributed by atoms with Crippen molar-refractivity contribution >= 4 is 17.9 Å². The zero-order valence-corrected chi connectivity index (χ0v) is 16.0. The Balaban J connectivity index is 1.72. The van der Waals surface area contributed by atoms with Crippen molar-refractivity contribution in [3.8, 4) is 5.75 Å². The van der Waals surface area contributed by atoms with Gasteiger partial charge in [0, 0.05) is 6.04 Å². The Bertz CT molecular complexity index is 656. The molecule has 2 rings (SSSR count). The first kappa shape index (κ1) is 20.7. The number of aryl methyl sites for hydroxylation is 1. The van der Waals surface area contributed by atoms with Gasteiger partial charge in [-0.15, -0.1) is 0 Å². The van der Waals surface area contributed by atoms with E-state index >= 15 is 0 Å². The molecule has 3 amide bonds. The number of carbonyl (C=O) groups is 3. The number of hydrogen-bond acceptors (Lipinski definition) is 5. The highest BCUT2D eigenvalue weighted by molar-refractivity contribution is 5.97. The fraction of sp³-hybridized carbons (Fsp3) is 0.550. The SMILES string of the molecule is CCc1ccccc1OCC(=O)OC(C)C(=O)NC(=O)NC1CCCCC1. The van der Waals surface area contributed by atoms with Gasteiger partial charge in [-0.3, -0.25) is 10.1 Å². The average Bonchev–Trinajstić information content (AvgIpc) is 2.67. The monoisotopic (exact) mass is 376 g/mol. The molecule has 1 unspecified atom stereocenters. The molecule has 7 nitrogen and oxygen atoms in total. The highest BCUT2D eigenvalue weighted by Crippen LogP contribution is 2.18. The van der Waals surface area contributed by atoms with Crippen molar-refractivity contribution in [2.75, 3.05) is 6.61 Å². The molecule has 1 aromatic carbocycles. The second kappa shape index (κ2) is 10.5. The maximum atomic E-state index is 12.0. The summed E-state index contributed by atoms with van der Waals surface area (Å²) < 4.78 is 10.5. The summed E-state index contributed by atoms with van der Waals surface area (Å²) in [6.07, 6.45) is 4.86. The Kier molecular flexibility index (Phi) is 8.10. The summed E-state index contributed by atoms with van der Waals surface area (Å²) in [5.41, 5.74) is 0.982. The van der Waals surface area contributed by atoms with Gasteiger partial charge in [-0.25, -0.2) is 9.59 Å². The third kappa shape index (κ3) is 6.92. The number of benzene rings is 1. The number of ether oxygens (including phenoxy) is 2. The largest absolute Gasteiger partial charge is 0.482 e. The van der Waals surface area contributed by atoms with E-state index in [1.54, 1.807) is 6.07 Å². The summed E-state index contributed by atoms with van der Waals surface area (Å²) in [7, 11) is 0. The lowest BCUT2D eigenvalue weighted by Gasteiger charge is -2.23. The highest BCUT2D eigenvalue weighted by Gasteiger charge is 2.22. The van der Waals surface area contributed by atoms with Gasteiger partial charge in [0.2, 0.25) is 0 Å². The lowest BCUT2D eigenvalue weighted by molar-refractivity contribution is -0.156. The molecule has 0 heterocycles. The van der Waals surface area contributed by atoms with Crippen molar-refractivity contribution in [1.82, 2.24) is 10.6 Å². The molecule has 7 heteroatoms. The molecule has 0 spiro atoms. The number of imide groups is 1. The second-order valence-corrected chi connectivity index (χ2v) is 6.68. The van der Waals surface area contributed by atoms with Crippen LogP contribution in [0.25, 0.3) is 0 Å². The molecular formula is C20H28N2O5. The maximum Gasteiger partial charge on any atom is 0.344 e. The van der Waals surface area contributed by atoms with Gasteiger partial charge in [-0.2, -0.15) is 0 Å². The summed E-state index contributed by atoms with van der Waals surface area (Å²) in [5, 5.41) is 5.00. The van der Waals surface area contributed by atoms with E-state index in [0.29, 0.717) is 5.75 Å². The van der Waals surface area contributed by atoms with Gasteiger partial charge in [0.15, 0.2) is 12.7 Å². The molecule has 1 fully saturated rings. The average molecular weight is 376 g/mol. The Morgan fingerprint density at radius 3 is 2.56 bits per heavy atom. The number of hydrogen-bond donors (Lipinski definition) is 2. The van der Waals surface area contributed by atoms with Crippen LogP contribution in [0.15, 0.2) is 24.3 Å². The molecule has 148 valence electrons. The van der Waals surface area contributed by atoms with E-state index in [1.165, 1.54) is 13.3 Å². The Hall–Kier alpha value is -2.57. The van der Waals surface area contributed by atoms with Crippen LogP contribution in [0, 0.1) is 0 Å². The van der Waals surface area contributed by atoms with Crippen LogP contribution in [0.1, 0.15) is 51.5 Å². The molecule has 1 saturated carbocycles. The molecule has 0 aromatic heterocycles. The molecule has 2 N–H and O–H groups in total. The minimum Gasteiger partial charge on any atom is -0.482 e. The minimum absolute atomic E-state index is 0.0939. The van der Waals surface area contributed by atoms with Crippen LogP contribution < -0.4 is 15.4 Å². The number of para-hydroxylation sites is 1. The summed E-state index contributed by atoms with van der Waals surface area (Å²) >= 11 is 0. The molecule has 0 aliphatic heterocycles. The van der Waals surface area contributed by atoms with Gasteiger partial charge in [0.25, 0.3) is 5.91 Å². The van der Waals surface area contributed by atoms with E-state index in [9.17, 15) is 14.4 Å². The first-order valence-corrected chi connectivity index (χ1v) is 9.51. The lowest BCUT2D eigenvalue weighted by atomic mass is 9.96. The van der Waals surface area contributed by atoms with E-state index in [-0.39, 0.29) is 12.6 Å². The predicted octanol–water partition coefficient (Wildman–Crippen LogP) is 2.72. The quantitative estimate of drug-likeness (QED) is 0.714. The van der Waals surface area contributed by atoms with Crippen molar-refractivity contribution in [3.05, 3.63) is 29.8 Å². The third-order valence-corrected chi connectivity index (χ3v) is 4.55. The highest BCUT2D eigenvalue weighted by atomic mass is 16.6. The molecule has 1 aliphatic carbocycles. The van der Waals surface area contributed by atoms with Crippen LogP contribution in [-0.2, 0) is 20.7 Å². The normalized spacial score (nSPS) is 15.5. The Morgan fingerprint density at radius 1 is 1.15 bits per heavy atom. The maximum absolute atomic E-state index is 12.0. The summed E-state index contributed by atoms with van der Waals surface area (Å²) in [5.74, 6) is -0.720. The molecular weight excluding hydrogens is 348 g/mol. The van der Waals surface area contributed by atoms with E-state index in [2.05, 4.69) is 10.6 Å². The van der Waals surface area contributed by atoms with Gasteiger partial charge in [-0.05, 0) is 37.8 Å². The van der Waals surface area contributed by atoms with E-state index < -0.39 is 24.0 Å². The zero-order chi connectivity index (χ0) is 19.6. The van der Waals surface area contributed by atoms with Crippen LogP contribution in [0.4, 0.5) is 4.79 Å². The van der Waals surface area contributed by atoms with Crippen molar-refractivity contribution in [1.29, 1.82) is 0 Å². The van der Waals surface area contributed by atoms with Crippen molar-refractivity contribution in [3.63, 3.8) is 0 Å². The Morgan fingerprint density at radius 2 is 1.85 bits per heavy atom. The number of esters is 1. The molecule has 0 saturated heterocycles. The fourth-order valence-corrected chi connectivity index (χ4v) is 3.04. The van der Waals surface area contributed by atoms with Crippen LogP contribution in [0.5, 0.6) is 5.75 Å². The first-order valence-electron chi connectivity index (χ1n) is 9.51. The van der Waals surface area contributed by atoms with Crippen LogP contribution in [-0.4, -0.2) is 36.7 Å². The first-order chi connectivity index (χ1) is 13.0. The van der Waals surface area contributed by atoms with Gasteiger partial charge in [-0.1, -0.05) is 44.4 Å². The number of carbonyl (C=O) groups excluding carboxylic acids is 3. The zero-order valence-electron chi connectivity index (χ0n) is 16.0. The van der Waals surface area contributed by atoms with E-state index in [4.69, 9.17) is 9.47 Å². The van der Waals surface area contributed by atoms with Crippen molar-refractivity contribution in [2.45, 2.75) is 64.5 Å². The predicted molar refractivity (Wildman–Crippen MR) is 100 cm³/mol. The van der Waals surface area contributed by atoms with Crippen LogP contribution in [0.2, 0.25) is 0 Å². The summed E-state index contributed by atoms with van der Waals surface area (Å²) in [6, 6.07) is 6.95. The van der Waals surface area contributed by atoms with Crippen molar-refractivity contribution in [2.24, 2.45) is 0 Å². The topological polar surface area (TPSA) is 93.7 Å². The molecule has 1 aliphatic rings. The number of rotatable bonds is 7. The number of amides is 3. The number of nitrogens with one attached hydrogen (secondary N) is 2. The third-order valence-electron chi connectivity index (χ3n) is 4.55. The van der Waals surface area contributed by atoms with Crippen LogP contribution >= 0.6 is 0 Å². The van der Waals surface area contributed by atoms with Crippen molar-refractivity contribution < 1.29 is 23.9 Å². The standard InChI is InChI=1S/C20H28N2O5/c1-3-15-9-7-8-12-17(15)26-13-18(23)27-14(2)19(24)22-20(25)21-16-10-5-4-6-11-16/h7-9,12,14,16H,3-6,10-11,13H2,1-2H3,(H2,21,22,24,25). The van der Waals surface area contributed by atoms with Gasteiger partial charge in [0.1, 0.15) is 5.75 Å². The Labute approximate surface area is 159 Å². The van der Waals surface area contributed by atoms with E-state index in [1.807, 2.05) is 25.1 Å². The molecule has 0 bridgehead atoms. The molecule has 27 heavy (non-hydrogen) atoms. The van der Waals surface area contributed by atoms with E-state index in [0.717, 1.165) is 37.7 Å². The lowest BCUT2D eigenvalue weighted by Crippen LogP contribution is -2.48. The van der Waals surface area contributed by atoms with Gasteiger partial charge in [0.05, 0.1) is 0 Å². The van der Waals surface area contributed by atoms with Crippen LogP contribution in [0.3, 0.4) is 0 Å². The summed E-state index contributed by atoms with van der Waals surface area (Å²) in [6.45, 7) is 3.11. The summed E-state index contributed by atoms with van der Waals surface area (Å²) in [4.78, 5) is 35.8. The smallest absolute Gasteiger partial charge is 0.344 e. The molecule has 1 aromatic rings. The van der Waals surface area contributed by atoms with Gasteiger partial charge >= 0.3 is 12.0 Å². The molecule has 0 radical (unpaired) electrons. The fourth-order valence-electron chi connectivity index (χ4n) is 3.04. The molecule has 1 atom stereocenters. The van der Waals surface area contributed by atoms with Gasteiger partial charge < -0.3 is 14.8 Å². The number of urea groups is 1. The minimum atomic E-state index is -1.08.